The normalized spacial score (nSPS) is 40.8. The number of rotatable bonds is 0. The lowest BCUT2D eigenvalue weighted by atomic mass is 9.58. The average molecular weight is 232 g/mol. The molecule has 0 aromatic rings. The van der Waals surface area contributed by atoms with Crippen molar-refractivity contribution < 1.29 is 0 Å². The first-order valence-corrected chi connectivity index (χ1v) is 7.79. The second kappa shape index (κ2) is 4.14. The fourth-order valence-corrected chi connectivity index (χ4v) is 4.92. The average Bonchev–Trinajstić information content (AvgIpc) is 2.27. The Balaban J connectivity index is 1.86. The van der Waals surface area contributed by atoms with E-state index in [0.717, 1.165) is 17.8 Å². The maximum absolute atomic E-state index is 2.48. The maximum Gasteiger partial charge on any atom is -0.0172 e. The molecule has 96 valence electrons. The quantitative estimate of drug-likeness (QED) is 0.495. The highest BCUT2D eigenvalue weighted by Gasteiger charge is 2.40. The van der Waals surface area contributed by atoms with E-state index in [2.05, 4.69) is 20.8 Å². The zero-order chi connectivity index (χ0) is 12.0. The number of hydrogen-bond donors (Lipinski definition) is 0. The van der Waals surface area contributed by atoms with Gasteiger partial charge in [-0.3, -0.25) is 0 Å². The van der Waals surface area contributed by atoms with Crippen molar-refractivity contribution in [1.82, 2.24) is 0 Å². The van der Waals surface area contributed by atoms with E-state index < -0.39 is 0 Å². The Kier molecular flexibility index (Phi) is 2.88. The van der Waals surface area contributed by atoms with Crippen LogP contribution >= 0.6 is 0 Å². The van der Waals surface area contributed by atoms with E-state index in [4.69, 9.17) is 0 Å². The first-order chi connectivity index (χ1) is 8.07. The van der Waals surface area contributed by atoms with Gasteiger partial charge in [0.2, 0.25) is 0 Å². The van der Waals surface area contributed by atoms with E-state index in [1.165, 1.54) is 51.4 Å². The Hall–Kier alpha value is -0.260. The summed E-state index contributed by atoms with van der Waals surface area (Å²) in [6, 6.07) is 0. The third-order valence-electron chi connectivity index (χ3n) is 5.84. The molecular formula is C17H28. The van der Waals surface area contributed by atoms with Gasteiger partial charge in [0, 0.05) is 0 Å². The summed E-state index contributed by atoms with van der Waals surface area (Å²) in [4.78, 5) is 0. The molecule has 0 bridgehead atoms. The molecule has 0 amide bonds. The van der Waals surface area contributed by atoms with Crippen molar-refractivity contribution in [1.29, 1.82) is 0 Å². The summed E-state index contributed by atoms with van der Waals surface area (Å²) in [6.45, 7) is 7.44. The van der Waals surface area contributed by atoms with Crippen molar-refractivity contribution in [2.75, 3.05) is 0 Å². The third kappa shape index (κ3) is 2.09. The van der Waals surface area contributed by atoms with Crippen LogP contribution in [0.4, 0.5) is 0 Å². The van der Waals surface area contributed by atoms with Crippen LogP contribution < -0.4 is 0 Å². The molecule has 1 saturated carbocycles. The van der Waals surface area contributed by atoms with Crippen LogP contribution in [0.5, 0.6) is 0 Å². The topological polar surface area (TPSA) is 0 Å². The number of hydrogen-bond acceptors (Lipinski definition) is 0. The molecule has 0 aromatic carbocycles. The van der Waals surface area contributed by atoms with Crippen molar-refractivity contribution in [3.63, 3.8) is 0 Å². The fraction of sp³-hybridized carbons (Fsp3) is 0.882. The molecule has 0 N–H and O–H groups in total. The summed E-state index contributed by atoms with van der Waals surface area (Å²) in [5.74, 6) is 2.94. The van der Waals surface area contributed by atoms with Gasteiger partial charge in [-0.1, -0.05) is 31.9 Å². The smallest absolute Gasteiger partial charge is 0.0172 e. The molecule has 0 aliphatic heterocycles. The monoisotopic (exact) mass is 232 g/mol. The molecule has 0 heteroatoms. The van der Waals surface area contributed by atoms with Crippen LogP contribution in [-0.2, 0) is 0 Å². The van der Waals surface area contributed by atoms with E-state index in [9.17, 15) is 0 Å². The lowest BCUT2D eigenvalue weighted by molar-refractivity contribution is 0.115. The Labute approximate surface area is 107 Å². The van der Waals surface area contributed by atoms with Crippen LogP contribution in [0.2, 0.25) is 0 Å². The Morgan fingerprint density at radius 2 is 1.82 bits per heavy atom. The molecule has 0 aromatic heterocycles. The maximum atomic E-state index is 2.48. The molecule has 0 heterocycles. The Morgan fingerprint density at radius 3 is 2.65 bits per heavy atom. The zero-order valence-electron chi connectivity index (χ0n) is 11.9. The number of allylic oxidation sites excluding steroid dienone is 2. The molecule has 0 nitrogen and oxygen atoms in total. The highest BCUT2D eigenvalue weighted by Crippen LogP contribution is 2.53. The van der Waals surface area contributed by atoms with Gasteiger partial charge in [0.05, 0.1) is 0 Å². The minimum Gasteiger partial charge on any atom is -0.0679 e. The van der Waals surface area contributed by atoms with Crippen LogP contribution in [-0.4, -0.2) is 0 Å². The third-order valence-corrected chi connectivity index (χ3v) is 5.84. The van der Waals surface area contributed by atoms with Gasteiger partial charge in [0.1, 0.15) is 0 Å². The van der Waals surface area contributed by atoms with Crippen molar-refractivity contribution in [2.24, 2.45) is 23.2 Å². The summed E-state index contributed by atoms with van der Waals surface area (Å²) < 4.78 is 0. The van der Waals surface area contributed by atoms with Crippen LogP contribution in [0, 0.1) is 23.2 Å². The van der Waals surface area contributed by atoms with E-state index in [0.29, 0.717) is 5.41 Å². The van der Waals surface area contributed by atoms with Crippen molar-refractivity contribution in [3.8, 4) is 0 Å². The van der Waals surface area contributed by atoms with Gasteiger partial charge in [-0.25, -0.2) is 0 Å². The van der Waals surface area contributed by atoms with Crippen molar-refractivity contribution >= 4 is 0 Å². The summed E-state index contributed by atoms with van der Waals surface area (Å²) >= 11 is 0. The van der Waals surface area contributed by atoms with Gasteiger partial charge in [-0.15, -0.1) is 0 Å². The largest absolute Gasteiger partial charge is 0.0679 e. The standard InChI is InChI=1S/C17H28/c1-12-5-4-6-16-14(12)8-7-13-11-17(2,3)10-9-15(13)16/h12-13,15H,4-11H2,1-3H3. The lowest BCUT2D eigenvalue weighted by Crippen LogP contribution is -2.35. The van der Waals surface area contributed by atoms with Gasteiger partial charge < -0.3 is 0 Å². The second-order valence-electron chi connectivity index (χ2n) is 7.66. The molecular weight excluding hydrogens is 204 g/mol. The summed E-state index contributed by atoms with van der Waals surface area (Å²) in [5.41, 5.74) is 4.46. The molecule has 3 rings (SSSR count). The highest BCUT2D eigenvalue weighted by molar-refractivity contribution is 5.26. The molecule has 3 unspecified atom stereocenters. The molecule has 0 spiro atoms. The minimum atomic E-state index is 0.625. The highest BCUT2D eigenvalue weighted by atomic mass is 14.5. The predicted octanol–water partition coefficient (Wildman–Crippen LogP) is 5.34. The van der Waals surface area contributed by atoms with Crippen LogP contribution in [0.25, 0.3) is 0 Å². The van der Waals surface area contributed by atoms with Gasteiger partial charge in [-0.2, -0.15) is 0 Å². The van der Waals surface area contributed by atoms with Gasteiger partial charge in [0.15, 0.2) is 0 Å². The first-order valence-electron chi connectivity index (χ1n) is 7.79. The minimum absolute atomic E-state index is 0.625. The zero-order valence-corrected chi connectivity index (χ0v) is 11.9. The van der Waals surface area contributed by atoms with Gasteiger partial charge in [0.25, 0.3) is 0 Å². The van der Waals surface area contributed by atoms with E-state index in [1.54, 1.807) is 0 Å². The van der Waals surface area contributed by atoms with E-state index >= 15 is 0 Å². The first kappa shape index (κ1) is 11.8. The molecule has 3 aliphatic rings. The molecule has 3 aliphatic carbocycles. The van der Waals surface area contributed by atoms with Crippen LogP contribution in [0.1, 0.15) is 72.1 Å². The SMILES string of the molecule is CC1CCCC2=C1CCC1CC(C)(C)CCC21. The van der Waals surface area contributed by atoms with E-state index in [-0.39, 0.29) is 0 Å². The fourth-order valence-electron chi connectivity index (χ4n) is 4.92. The summed E-state index contributed by atoms with van der Waals surface area (Å²) in [5, 5.41) is 0. The molecule has 1 fully saturated rings. The van der Waals surface area contributed by atoms with Crippen molar-refractivity contribution in [3.05, 3.63) is 11.1 Å². The lowest BCUT2D eigenvalue weighted by Gasteiger charge is -2.47. The molecule has 0 radical (unpaired) electrons. The second-order valence-corrected chi connectivity index (χ2v) is 7.66. The molecule has 0 saturated heterocycles. The van der Waals surface area contributed by atoms with E-state index in [1.807, 2.05) is 11.1 Å². The van der Waals surface area contributed by atoms with Gasteiger partial charge in [-0.05, 0) is 74.5 Å². The molecule has 17 heavy (non-hydrogen) atoms. The van der Waals surface area contributed by atoms with Crippen LogP contribution in [0.15, 0.2) is 11.1 Å². The van der Waals surface area contributed by atoms with Gasteiger partial charge >= 0.3 is 0 Å². The molecule has 3 atom stereocenters. The summed E-state index contributed by atoms with van der Waals surface area (Å²) in [7, 11) is 0. The predicted molar refractivity (Wildman–Crippen MR) is 73.9 cm³/mol. The Bertz CT molecular complexity index is 334. The van der Waals surface area contributed by atoms with Crippen LogP contribution in [0.3, 0.4) is 0 Å². The van der Waals surface area contributed by atoms with Crippen molar-refractivity contribution in [2.45, 2.75) is 72.1 Å². The summed E-state index contributed by atoms with van der Waals surface area (Å²) in [6.07, 6.45) is 11.7. The Morgan fingerprint density at radius 1 is 1.00 bits per heavy atom. The number of fused-ring (bicyclic) bond motifs is 2.